The Balaban J connectivity index is 2.38. The van der Waals surface area contributed by atoms with Crippen LogP contribution in [0, 0.1) is 5.92 Å². The molecule has 1 aliphatic rings. The van der Waals surface area contributed by atoms with Crippen LogP contribution in [0.3, 0.4) is 0 Å². The highest BCUT2D eigenvalue weighted by Gasteiger charge is 2.41. The van der Waals surface area contributed by atoms with Gasteiger partial charge in [0.05, 0.1) is 6.61 Å². The van der Waals surface area contributed by atoms with Crippen molar-refractivity contribution in [2.45, 2.75) is 45.2 Å². The smallest absolute Gasteiger partial charge is 0.0613 e. The molecule has 1 fully saturated rings. The molecule has 0 bridgehead atoms. The van der Waals surface area contributed by atoms with Gasteiger partial charge in [-0.2, -0.15) is 0 Å². The minimum absolute atomic E-state index is 0.0631. The van der Waals surface area contributed by atoms with Crippen molar-refractivity contribution in [3.05, 3.63) is 0 Å². The largest absolute Gasteiger partial charge is 0.394 e. The van der Waals surface area contributed by atoms with E-state index in [9.17, 15) is 0 Å². The van der Waals surface area contributed by atoms with Gasteiger partial charge in [0.1, 0.15) is 0 Å². The van der Waals surface area contributed by atoms with Crippen LogP contribution in [-0.2, 0) is 0 Å². The van der Waals surface area contributed by atoms with E-state index in [2.05, 4.69) is 26.1 Å². The van der Waals surface area contributed by atoms with Gasteiger partial charge in [-0.3, -0.25) is 0 Å². The molecule has 0 aromatic heterocycles. The van der Waals surface area contributed by atoms with Crippen LogP contribution in [0.2, 0.25) is 0 Å². The molecule has 2 nitrogen and oxygen atoms in total. The summed E-state index contributed by atoms with van der Waals surface area (Å²) in [6.45, 7) is 6.77. The molecule has 2 N–H and O–H groups in total. The third-order valence-electron chi connectivity index (χ3n) is 2.38. The first-order valence-corrected chi connectivity index (χ1v) is 4.46. The molecule has 1 aliphatic carbocycles. The first kappa shape index (κ1) is 9.01. The van der Waals surface area contributed by atoms with Gasteiger partial charge in [0.15, 0.2) is 0 Å². The molecule has 0 aromatic rings. The van der Waals surface area contributed by atoms with Crippen molar-refractivity contribution >= 4 is 0 Å². The highest BCUT2D eigenvalue weighted by atomic mass is 16.3. The third kappa shape index (κ3) is 1.94. The lowest BCUT2D eigenvalue weighted by molar-refractivity contribution is 0.0406. The highest BCUT2D eigenvalue weighted by molar-refractivity contribution is 4.99. The van der Waals surface area contributed by atoms with Crippen molar-refractivity contribution in [1.29, 1.82) is 0 Å². The first-order valence-electron chi connectivity index (χ1n) is 4.46. The summed E-state index contributed by atoms with van der Waals surface area (Å²) >= 11 is 0. The van der Waals surface area contributed by atoms with Crippen LogP contribution >= 0.6 is 0 Å². The van der Waals surface area contributed by atoms with Crippen LogP contribution in [0.4, 0.5) is 0 Å². The lowest BCUT2D eigenvalue weighted by atomic mass is 9.69. The van der Waals surface area contributed by atoms with E-state index >= 15 is 0 Å². The lowest BCUT2D eigenvalue weighted by Gasteiger charge is -2.47. The summed E-state index contributed by atoms with van der Waals surface area (Å²) in [6, 6.07) is 0.481. The van der Waals surface area contributed by atoms with Crippen LogP contribution in [0.1, 0.15) is 33.6 Å². The minimum atomic E-state index is 0.0631. The van der Waals surface area contributed by atoms with Crippen molar-refractivity contribution in [3.63, 3.8) is 0 Å². The lowest BCUT2D eigenvalue weighted by Crippen LogP contribution is -2.59. The van der Waals surface area contributed by atoms with Crippen LogP contribution in [0.25, 0.3) is 0 Å². The standard InChI is InChI=1S/C9H19NO/c1-7(2)10-9(6-11)4-8(3)5-9/h7-8,10-11H,4-6H2,1-3H3. The molecule has 0 atom stereocenters. The zero-order chi connectivity index (χ0) is 8.48. The van der Waals surface area contributed by atoms with E-state index < -0.39 is 0 Å². The van der Waals surface area contributed by atoms with E-state index in [1.54, 1.807) is 0 Å². The molecule has 0 unspecified atom stereocenters. The number of aliphatic hydroxyl groups excluding tert-OH is 1. The molecular weight excluding hydrogens is 138 g/mol. The van der Waals surface area contributed by atoms with Crippen molar-refractivity contribution in [2.75, 3.05) is 6.61 Å². The fourth-order valence-electron chi connectivity index (χ4n) is 2.18. The summed E-state index contributed by atoms with van der Waals surface area (Å²) in [5, 5.41) is 12.6. The Morgan fingerprint density at radius 3 is 2.36 bits per heavy atom. The van der Waals surface area contributed by atoms with Gasteiger partial charge in [-0.05, 0) is 18.8 Å². The topological polar surface area (TPSA) is 32.3 Å². The van der Waals surface area contributed by atoms with Gasteiger partial charge in [-0.15, -0.1) is 0 Å². The average Bonchev–Trinajstić information content (AvgIpc) is 1.82. The Morgan fingerprint density at radius 2 is 2.09 bits per heavy atom. The molecule has 0 aromatic carbocycles. The maximum Gasteiger partial charge on any atom is 0.0613 e. The van der Waals surface area contributed by atoms with Crippen molar-refractivity contribution in [1.82, 2.24) is 5.32 Å². The second-order valence-electron chi connectivity index (χ2n) is 4.25. The van der Waals surface area contributed by atoms with Gasteiger partial charge in [0, 0.05) is 11.6 Å². The number of hydrogen-bond acceptors (Lipinski definition) is 2. The fourth-order valence-corrected chi connectivity index (χ4v) is 2.18. The molecule has 0 radical (unpaired) electrons. The molecule has 0 aliphatic heterocycles. The second-order valence-corrected chi connectivity index (χ2v) is 4.25. The molecule has 1 saturated carbocycles. The highest BCUT2D eigenvalue weighted by Crippen LogP contribution is 2.37. The van der Waals surface area contributed by atoms with E-state index in [0.29, 0.717) is 6.04 Å². The van der Waals surface area contributed by atoms with Crippen LogP contribution in [0.5, 0.6) is 0 Å². The Morgan fingerprint density at radius 1 is 1.55 bits per heavy atom. The summed E-state index contributed by atoms with van der Waals surface area (Å²) in [5.41, 5.74) is 0.0631. The Kier molecular flexibility index (Phi) is 2.55. The number of rotatable bonds is 3. The number of nitrogens with one attached hydrogen (secondary N) is 1. The third-order valence-corrected chi connectivity index (χ3v) is 2.38. The Hall–Kier alpha value is -0.0800. The molecule has 0 amide bonds. The maximum absolute atomic E-state index is 9.14. The van der Waals surface area contributed by atoms with Crippen LogP contribution in [-0.4, -0.2) is 23.3 Å². The monoisotopic (exact) mass is 157 g/mol. The Bertz CT molecular complexity index is 128. The molecular formula is C9H19NO. The summed E-state index contributed by atoms with van der Waals surface area (Å²) in [6.07, 6.45) is 2.25. The minimum Gasteiger partial charge on any atom is -0.394 e. The summed E-state index contributed by atoms with van der Waals surface area (Å²) in [4.78, 5) is 0. The predicted octanol–water partition coefficient (Wildman–Crippen LogP) is 1.15. The van der Waals surface area contributed by atoms with Gasteiger partial charge >= 0.3 is 0 Å². The predicted molar refractivity (Wildman–Crippen MR) is 46.5 cm³/mol. The van der Waals surface area contributed by atoms with Crippen molar-refractivity contribution in [3.8, 4) is 0 Å². The Labute approximate surface area is 69.0 Å². The first-order chi connectivity index (χ1) is 5.08. The van der Waals surface area contributed by atoms with Gasteiger partial charge in [-0.1, -0.05) is 20.8 Å². The molecule has 2 heteroatoms. The zero-order valence-electron chi connectivity index (χ0n) is 7.72. The van der Waals surface area contributed by atoms with E-state index in [4.69, 9.17) is 5.11 Å². The van der Waals surface area contributed by atoms with Gasteiger partial charge in [0.2, 0.25) is 0 Å². The fraction of sp³-hybridized carbons (Fsp3) is 1.00. The summed E-state index contributed by atoms with van der Waals surface area (Å²) in [7, 11) is 0. The molecule has 1 rings (SSSR count). The van der Waals surface area contributed by atoms with Crippen molar-refractivity contribution in [2.24, 2.45) is 5.92 Å². The molecule has 0 heterocycles. The molecule has 66 valence electrons. The molecule has 0 saturated heterocycles. The van der Waals surface area contributed by atoms with E-state index in [0.717, 1.165) is 18.8 Å². The van der Waals surface area contributed by atoms with Crippen molar-refractivity contribution < 1.29 is 5.11 Å². The second kappa shape index (κ2) is 3.11. The molecule has 11 heavy (non-hydrogen) atoms. The average molecular weight is 157 g/mol. The summed E-state index contributed by atoms with van der Waals surface area (Å²) < 4.78 is 0. The van der Waals surface area contributed by atoms with E-state index in [1.165, 1.54) is 0 Å². The van der Waals surface area contributed by atoms with Crippen LogP contribution < -0.4 is 5.32 Å². The number of hydrogen-bond donors (Lipinski definition) is 2. The van der Waals surface area contributed by atoms with Crippen LogP contribution in [0.15, 0.2) is 0 Å². The zero-order valence-corrected chi connectivity index (χ0v) is 7.72. The van der Waals surface area contributed by atoms with Gasteiger partial charge in [-0.25, -0.2) is 0 Å². The van der Waals surface area contributed by atoms with Gasteiger partial charge in [0.25, 0.3) is 0 Å². The quantitative estimate of drug-likeness (QED) is 0.644. The van der Waals surface area contributed by atoms with E-state index in [-0.39, 0.29) is 12.1 Å². The summed E-state index contributed by atoms with van der Waals surface area (Å²) in [5.74, 6) is 0.786. The van der Waals surface area contributed by atoms with Gasteiger partial charge < -0.3 is 10.4 Å². The normalized spacial score (nSPS) is 37.4. The maximum atomic E-state index is 9.14. The van der Waals surface area contributed by atoms with E-state index in [1.807, 2.05) is 0 Å². The molecule has 0 spiro atoms. The SMILES string of the molecule is CC1CC(CO)(NC(C)C)C1. The number of aliphatic hydroxyl groups is 1.